The predicted octanol–water partition coefficient (Wildman–Crippen LogP) is -1.64. The van der Waals surface area contributed by atoms with Crippen molar-refractivity contribution in [2.45, 2.75) is 32.8 Å². The molecule has 12 nitrogen and oxygen atoms in total. The Labute approximate surface area is 124 Å². The van der Waals surface area contributed by atoms with Gasteiger partial charge in [-0.3, -0.25) is 9.59 Å². The van der Waals surface area contributed by atoms with Crippen molar-refractivity contribution in [3.8, 4) is 0 Å². The number of nitro groups is 1. The van der Waals surface area contributed by atoms with Crippen LogP contribution in [0.5, 0.6) is 0 Å². The minimum Gasteiger partial charge on any atom is -0.390 e. The average molecular weight is 316 g/mol. The van der Waals surface area contributed by atoms with Crippen LogP contribution in [0.4, 0.5) is 5.95 Å². The van der Waals surface area contributed by atoms with Gasteiger partial charge in [0.2, 0.25) is 5.91 Å². The van der Waals surface area contributed by atoms with Crippen molar-refractivity contribution in [3.05, 3.63) is 15.9 Å². The number of carbonyl (C=O) groups is 2. The topological polar surface area (TPSA) is 162 Å². The molecule has 0 aliphatic carbocycles. The summed E-state index contributed by atoms with van der Waals surface area (Å²) in [7, 11) is 1.36. The number of ether oxygens (including phenoxy) is 1. The number of aromatic nitrogens is 3. The number of aliphatic hydroxyl groups is 1. The fraction of sp³-hybridized carbons (Fsp3) is 0.600. The lowest BCUT2D eigenvalue weighted by atomic mass is 10.4. The number of carbonyl (C=O) groups excluding carboxylic acids is 2. The summed E-state index contributed by atoms with van der Waals surface area (Å²) in [6, 6.07) is 0. The summed E-state index contributed by atoms with van der Waals surface area (Å²) in [6.45, 7) is 2.33. The highest BCUT2D eigenvalue weighted by Crippen LogP contribution is 2.07. The maximum Gasteiger partial charge on any atom is 0.491 e. The van der Waals surface area contributed by atoms with E-state index in [9.17, 15) is 19.7 Å². The summed E-state index contributed by atoms with van der Waals surface area (Å²) in [4.78, 5) is 36.8. The molecule has 0 saturated heterocycles. The van der Waals surface area contributed by atoms with Gasteiger partial charge >= 0.3 is 17.7 Å². The number of amides is 2. The number of aliphatic hydroxyl groups excluding tert-OH is 1. The van der Waals surface area contributed by atoms with Gasteiger partial charge in [0.05, 0.1) is 0 Å². The molecule has 2 unspecified atom stereocenters. The zero-order chi connectivity index (χ0) is 16.9. The molecule has 0 aliphatic heterocycles. The number of methoxy groups -OCH3 is 1. The third-order valence-corrected chi connectivity index (χ3v) is 2.38. The zero-order valence-corrected chi connectivity index (χ0v) is 12.1. The second kappa shape index (κ2) is 7.42. The van der Waals surface area contributed by atoms with Gasteiger partial charge in [-0.15, -0.1) is 0 Å². The summed E-state index contributed by atoms with van der Waals surface area (Å²) in [5.41, 5.74) is 0. The van der Waals surface area contributed by atoms with Gasteiger partial charge in [0.1, 0.15) is 19.0 Å². The van der Waals surface area contributed by atoms with E-state index in [-0.39, 0.29) is 0 Å². The fourth-order valence-electron chi connectivity index (χ4n) is 1.41. The lowest BCUT2D eigenvalue weighted by Gasteiger charge is -2.10. The monoisotopic (exact) mass is 316 g/mol. The van der Waals surface area contributed by atoms with E-state index in [4.69, 9.17) is 9.84 Å². The van der Waals surface area contributed by atoms with Crippen LogP contribution < -0.4 is 10.6 Å². The van der Waals surface area contributed by atoms with E-state index in [1.807, 2.05) is 0 Å². The van der Waals surface area contributed by atoms with E-state index in [1.165, 1.54) is 21.0 Å². The Bertz CT molecular complexity index is 570. The van der Waals surface area contributed by atoms with Crippen LogP contribution in [0.2, 0.25) is 0 Å². The molecule has 0 aliphatic rings. The highest BCUT2D eigenvalue weighted by molar-refractivity contribution is 5.91. The van der Waals surface area contributed by atoms with Crippen LogP contribution in [0.15, 0.2) is 0 Å². The highest BCUT2D eigenvalue weighted by Gasteiger charge is 2.29. The molecule has 0 bridgehead atoms. The van der Waals surface area contributed by atoms with Gasteiger partial charge in [0.25, 0.3) is 0 Å². The third kappa shape index (κ3) is 4.75. The smallest absolute Gasteiger partial charge is 0.390 e. The van der Waals surface area contributed by atoms with Gasteiger partial charge in [0.15, 0.2) is 0 Å². The number of hydrogen-bond acceptors (Lipinski definition) is 8. The minimum absolute atomic E-state index is 0.420. The van der Waals surface area contributed by atoms with Crippen LogP contribution in [0.3, 0.4) is 0 Å². The van der Waals surface area contributed by atoms with Crippen molar-refractivity contribution in [1.82, 2.24) is 25.4 Å². The average Bonchev–Trinajstić information content (AvgIpc) is 2.81. The number of rotatable bonds is 7. The van der Waals surface area contributed by atoms with Crippen LogP contribution in [-0.4, -0.2) is 56.2 Å². The number of nitrogens with one attached hydrogen (secondary N) is 2. The van der Waals surface area contributed by atoms with E-state index in [0.29, 0.717) is 0 Å². The SMILES string of the molecule is COC(C)NC(=O)c1nc([N+](=O)[O-])nn1CC(=O)NC(C)O. The van der Waals surface area contributed by atoms with E-state index in [2.05, 4.69) is 20.7 Å². The Morgan fingerprint density at radius 1 is 1.45 bits per heavy atom. The maximum absolute atomic E-state index is 12.0. The first-order chi connectivity index (χ1) is 10.2. The summed E-state index contributed by atoms with van der Waals surface area (Å²) >= 11 is 0. The molecule has 3 N–H and O–H groups in total. The molecule has 2 amide bonds. The van der Waals surface area contributed by atoms with Gasteiger partial charge < -0.3 is 30.6 Å². The number of nitrogens with zero attached hydrogens (tertiary/aromatic N) is 4. The Kier molecular flexibility index (Phi) is 5.89. The molecule has 0 saturated carbocycles. The Balaban J connectivity index is 3.01. The van der Waals surface area contributed by atoms with E-state index < -0.39 is 47.5 Å². The molecule has 2 atom stereocenters. The van der Waals surface area contributed by atoms with Gasteiger partial charge in [-0.25, -0.2) is 0 Å². The van der Waals surface area contributed by atoms with Crippen LogP contribution in [0.25, 0.3) is 0 Å². The molecular weight excluding hydrogens is 300 g/mol. The molecule has 12 heteroatoms. The molecule has 0 aromatic carbocycles. The van der Waals surface area contributed by atoms with Crippen molar-refractivity contribution < 1.29 is 24.4 Å². The molecule has 1 aromatic rings. The van der Waals surface area contributed by atoms with Crippen molar-refractivity contribution in [3.63, 3.8) is 0 Å². The Hall–Kier alpha value is -2.60. The van der Waals surface area contributed by atoms with Crippen molar-refractivity contribution >= 4 is 17.8 Å². The molecule has 22 heavy (non-hydrogen) atoms. The van der Waals surface area contributed by atoms with Crippen LogP contribution in [-0.2, 0) is 16.1 Å². The van der Waals surface area contributed by atoms with E-state index >= 15 is 0 Å². The first-order valence-electron chi connectivity index (χ1n) is 6.15. The summed E-state index contributed by atoms with van der Waals surface area (Å²) < 4.78 is 5.61. The first-order valence-corrected chi connectivity index (χ1v) is 6.15. The lowest BCUT2D eigenvalue weighted by Crippen LogP contribution is -2.38. The van der Waals surface area contributed by atoms with E-state index in [0.717, 1.165) is 4.68 Å². The molecule has 1 heterocycles. The lowest BCUT2D eigenvalue weighted by molar-refractivity contribution is -0.394. The van der Waals surface area contributed by atoms with Gasteiger partial charge in [-0.05, 0) is 23.8 Å². The van der Waals surface area contributed by atoms with Crippen LogP contribution in [0, 0.1) is 10.1 Å². The normalized spacial score (nSPS) is 13.3. The number of hydrogen-bond donors (Lipinski definition) is 3. The Morgan fingerprint density at radius 3 is 2.59 bits per heavy atom. The molecule has 0 spiro atoms. The summed E-state index contributed by atoms with van der Waals surface area (Å²) in [5, 5.41) is 27.7. The first kappa shape index (κ1) is 17.5. The highest BCUT2D eigenvalue weighted by atomic mass is 16.6. The molecule has 122 valence electrons. The minimum atomic E-state index is -1.11. The van der Waals surface area contributed by atoms with E-state index in [1.54, 1.807) is 0 Å². The third-order valence-electron chi connectivity index (χ3n) is 2.38. The molecule has 1 rings (SSSR count). The van der Waals surface area contributed by atoms with Gasteiger partial charge in [0, 0.05) is 12.2 Å². The largest absolute Gasteiger partial charge is 0.491 e. The molecule has 0 radical (unpaired) electrons. The van der Waals surface area contributed by atoms with Crippen molar-refractivity contribution in [1.29, 1.82) is 0 Å². The van der Waals surface area contributed by atoms with Crippen molar-refractivity contribution in [2.24, 2.45) is 0 Å². The Morgan fingerprint density at radius 2 is 2.09 bits per heavy atom. The molecule has 0 fully saturated rings. The van der Waals surface area contributed by atoms with Crippen LogP contribution >= 0.6 is 0 Å². The molecule has 1 aromatic heterocycles. The second-order valence-corrected chi connectivity index (χ2v) is 4.25. The van der Waals surface area contributed by atoms with Gasteiger partial charge in [-0.2, -0.15) is 4.68 Å². The maximum atomic E-state index is 12.0. The summed E-state index contributed by atoms with van der Waals surface area (Å²) in [6.07, 6.45) is -1.78. The zero-order valence-electron chi connectivity index (χ0n) is 12.1. The molecular formula is C10H16N6O6. The standard InChI is InChI=1S/C10H16N6O6/c1-5(17)11-7(18)4-15-8(9(19)12-6(2)22-3)13-10(14-15)16(20)21/h5-6,17H,4H2,1-3H3,(H,11,18)(H,12,19). The van der Waals surface area contributed by atoms with Crippen LogP contribution in [0.1, 0.15) is 24.5 Å². The van der Waals surface area contributed by atoms with Gasteiger partial charge in [-0.1, -0.05) is 0 Å². The quantitative estimate of drug-likeness (QED) is 0.306. The fourth-order valence-corrected chi connectivity index (χ4v) is 1.41. The second-order valence-electron chi connectivity index (χ2n) is 4.25. The van der Waals surface area contributed by atoms with Crippen molar-refractivity contribution in [2.75, 3.05) is 7.11 Å². The predicted molar refractivity (Wildman–Crippen MR) is 70.4 cm³/mol. The summed E-state index contributed by atoms with van der Waals surface area (Å²) in [5.74, 6) is -2.72.